The molecule has 1 saturated heterocycles. The van der Waals surface area contributed by atoms with Crippen molar-refractivity contribution in [2.45, 2.75) is 57.8 Å². The van der Waals surface area contributed by atoms with Crippen LogP contribution < -0.4 is 5.32 Å². The lowest BCUT2D eigenvalue weighted by Crippen LogP contribution is -2.64. The Hall–Kier alpha value is -0.770. The van der Waals surface area contributed by atoms with Crippen molar-refractivity contribution in [3.05, 3.63) is 0 Å². The average Bonchev–Trinajstić information content (AvgIpc) is 2.48. The van der Waals surface area contributed by atoms with Crippen LogP contribution in [0.15, 0.2) is 0 Å². The van der Waals surface area contributed by atoms with E-state index in [1.54, 1.807) is 0 Å². The van der Waals surface area contributed by atoms with E-state index in [1.807, 2.05) is 0 Å². The van der Waals surface area contributed by atoms with Crippen LogP contribution in [0.4, 0.5) is 0 Å². The van der Waals surface area contributed by atoms with Crippen LogP contribution in [0.5, 0.6) is 0 Å². The molecule has 1 aliphatic heterocycles. The average molecular weight is 335 g/mol. The number of aliphatic hydroxyl groups excluding tert-OH is 3. The minimum Gasteiger partial charge on any atom is -0.394 e. The van der Waals surface area contributed by atoms with Crippen LogP contribution in [0.3, 0.4) is 0 Å². The first-order valence-electron chi connectivity index (χ1n) is 7.95. The van der Waals surface area contributed by atoms with E-state index < -0.39 is 37.3 Å². The van der Waals surface area contributed by atoms with Crippen molar-refractivity contribution in [1.29, 1.82) is 0 Å². The number of rotatable bonds is 9. The molecule has 0 radical (unpaired) electrons. The summed E-state index contributed by atoms with van der Waals surface area (Å²) in [6.07, 6.45) is -3.59. The van der Waals surface area contributed by atoms with Gasteiger partial charge < -0.3 is 34.8 Å². The van der Waals surface area contributed by atoms with E-state index in [2.05, 4.69) is 19.2 Å². The monoisotopic (exact) mass is 335 g/mol. The van der Waals surface area contributed by atoms with Gasteiger partial charge in [-0.05, 0) is 12.3 Å². The highest BCUT2D eigenvalue weighted by molar-refractivity contribution is 5.73. The molecule has 1 fully saturated rings. The lowest BCUT2D eigenvalue weighted by Gasteiger charge is -2.42. The quantitative estimate of drug-likeness (QED) is 0.400. The first kappa shape index (κ1) is 20.3. The number of hydrogen-bond acceptors (Lipinski definition) is 7. The van der Waals surface area contributed by atoms with E-state index >= 15 is 0 Å². The first-order valence-corrected chi connectivity index (χ1v) is 7.95. The summed E-state index contributed by atoms with van der Waals surface area (Å²) in [6, 6.07) is -0.916. The van der Waals surface area contributed by atoms with E-state index in [1.165, 1.54) is 6.92 Å². The van der Waals surface area contributed by atoms with Gasteiger partial charge in [0.15, 0.2) is 6.29 Å². The molecule has 8 heteroatoms. The van der Waals surface area contributed by atoms with E-state index in [9.17, 15) is 20.1 Å². The third-order valence-corrected chi connectivity index (χ3v) is 3.60. The van der Waals surface area contributed by atoms with Crippen LogP contribution in [0.2, 0.25) is 0 Å². The van der Waals surface area contributed by atoms with Crippen molar-refractivity contribution in [3.63, 3.8) is 0 Å². The fourth-order valence-electron chi connectivity index (χ4n) is 2.26. The smallest absolute Gasteiger partial charge is 0.217 e. The second-order valence-electron chi connectivity index (χ2n) is 6.10. The molecule has 23 heavy (non-hydrogen) atoms. The third kappa shape index (κ3) is 6.70. The van der Waals surface area contributed by atoms with Crippen LogP contribution in [0.25, 0.3) is 0 Å². The summed E-state index contributed by atoms with van der Waals surface area (Å²) in [5.74, 6) is 0.178. The first-order chi connectivity index (χ1) is 10.9. The standard InChI is InChI=1S/C15H29NO7/c1-9(2)4-5-21-6-7-22-15-12(16-10(3)18)14(20)13(19)11(8-17)23-15/h9,11-15,17,19-20H,4-8H2,1-3H3,(H,16,18)/t11-,12-,13+,14-,15-/m1/s1. The minimum atomic E-state index is -1.31. The Morgan fingerprint density at radius 2 is 1.91 bits per heavy atom. The Morgan fingerprint density at radius 1 is 1.22 bits per heavy atom. The molecule has 1 rings (SSSR count). The highest BCUT2D eigenvalue weighted by Gasteiger charge is 2.45. The number of carbonyl (C=O) groups excluding carboxylic acids is 1. The molecule has 4 N–H and O–H groups in total. The van der Waals surface area contributed by atoms with Crippen molar-refractivity contribution in [1.82, 2.24) is 5.32 Å². The Labute approximate surface area is 136 Å². The molecule has 0 spiro atoms. The molecular weight excluding hydrogens is 306 g/mol. The second-order valence-corrected chi connectivity index (χ2v) is 6.10. The van der Waals surface area contributed by atoms with Gasteiger partial charge in [0, 0.05) is 13.5 Å². The van der Waals surface area contributed by atoms with E-state index in [-0.39, 0.29) is 12.5 Å². The van der Waals surface area contributed by atoms with Crippen molar-refractivity contribution in [2.24, 2.45) is 5.92 Å². The molecule has 5 atom stereocenters. The predicted molar refractivity (Wildman–Crippen MR) is 81.6 cm³/mol. The van der Waals surface area contributed by atoms with Gasteiger partial charge in [-0.1, -0.05) is 13.8 Å². The van der Waals surface area contributed by atoms with E-state index in [0.717, 1.165) is 6.42 Å². The Balaban J connectivity index is 2.48. The zero-order valence-corrected chi connectivity index (χ0v) is 14.0. The van der Waals surface area contributed by atoms with Crippen LogP contribution in [-0.4, -0.2) is 78.3 Å². The Bertz CT molecular complexity index is 353. The van der Waals surface area contributed by atoms with Crippen LogP contribution in [-0.2, 0) is 19.0 Å². The van der Waals surface area contributed by atoms with Gasteiger partial charge in [-0.15, -0.1) is 0 Å². The molecule has 0 aromatic carbocycles. The van der Waals surface area contributed by atoms with Gasteiger partial charge in [-0.25, -0.2) is 0 Å². The largest absolute Gasteiger partial charge is 0.394 e. The lowest BCUT2D eigenvalue weighted by atomic mass is 9.97. The molecule has 0 saturated carbocycles. The Morgan fingerprint density at radius 3 is 2.48 bits per heavy atom. The van der Waals surface area contributed by atoms with Gasteiger partial charge in [0.05, 0.1) is 19.8 Å². The topological polar surface area (TPSA) is 117 Å². The van der Waals surface area contributed by atoms with Gasteiger partial charge in [0.25, 0.3) is 0 Å². The summed E-state index contributed by atoms with van der Waals surface area (Å²) in [6.45, 7) is 6.23. The number of amides is 1. The van der Waals surface area contributed by atoms with Crippen LogP contribution in [0, 0.1) is 5.92 Å². The summed E-state index contributed by atoms with van der Waals surface area (Å²) < 4.78 is 16.4. The van der Waals surface area contributed by atoms with Crippen LogP contribution >= 0.6 is 0 Å². The zero-order chi connectivity index (χ0) is 17.4. The lowest BCUT2D eigenvalue weighted by molar-refractivity contribution is -0.272. The van der Waals surface area contributed by atoms with E-state index in [0.29, 0.717) is 19.1 Å². The van der Waals surface area contributed by atoms with E-state index in [4.69, 9.17) is 14.2 Å². The number of ether oxygens (including phenoxy) is 3. The fraction of sp³-hybridized carbons (Fsp3) is 0.933. The van der Waals surface area contributed by atoms with Crippen LogP contribution in [0.1, 0.15) is 27.2 Å². The summed E-state index contributed by atoms with van der Waals surface area (Å²) in [4.78, 5) is 11.3. The van der Waals surface area contributed by atoms with Gasteiger partial charge in [-0.2, -0.15) is 0 Å². The maximum atomic E-state index is 11.3. The van der Waals surface area contributed by atoms with Gasteiger partial charge in [-0.3, -0.25) is 4.79 Å². The summed E-state index contributed by atoms with van der Waals surface area (Å²) in [5.41, 5.74) is 0. The molecule has 8 nitrogen and oxygen atoms in total. The molecule has 0 bridgehead atoms. The number of nitrogens with one attached hydrogen (secondary N) is 1. The molecule has 0 aromatic rings. The van der Waals surface area contributed by atoms with Gasteiger partial charge in [0.2, 0.25) is 5.91 Å². The number of aliphatic hydroxyl groups is 3. The molecular formula is C15H29NO7. The third-order valence-electron chi connectivity index (χ3n) is 3.60. The SMILES string of the molecule is CC(=O)N[C@H]1[C@H](OCCOCCC(C)C)O[C@H](CO)[C@H](O)[C@@H]1O. The summed E-state index contributed by atoms with van der Waals surface area (Å²) >= 11 is 0. The predicted octanol–water partition coefficient (Wildman–Crippen LogP) is -0.991. The van der Waals surface area contributed by atoms with Crippen molar-refractivity contribution >= 4 is 5.91 Å². The second kappa shape index (κ2) is 10.2. The summed E-state index contributed by atoms with van der Waals surface area (Å²) in [7, 11) is 0. The molecule has 1 aliphatic rings. The van der Waals surface area contributed by atoms with Crippen molar-refractivity contribution in [2.75, 3.05) is 26.4 Å². The van der Waals surface area contributed by atoms with Gasteiger partial charge >= 0.3 is 0 Å². The maximum Gasteiger partial charge on any atom is 0.217 e. The van der Waals surface area contributed by atoms with Crippen molar-refractivity contribution in [3.8, 4) is 0 Å². The highest BCUT2D eigenvalue weighted by Crippen LogP contribution is 2.22. The highest BCUT2D eigenvalue weighted by atomic mass is 16.7. The molecule has 0 unspecified atom stereocenters. The minimum absolute atomic E-state index is 0.208. The Kier molecular flexibility index (Phi) is 8.96. The zero-order valence-electron chi connectivity index (χ0n) is 14.0. The molecule has 0 aromatic heterocycles. The maximum absolute atomic E-state index is 11.3. The molecule has 136 valence electrons. The summed E-state index contributed by atoms with van der Waals surface area (Å²) in [5, 5.41) is 31.7. The molecule has 1 amide bonds. The van der Waals surface area contributed by atoms with Gasteiger partial charge in [0.1, 0.15) is 24.4 Å². The molecule has 0 aliphatic carbocycles. The van der Waals surface area contributed by atoms with Crippen molar-refractivity contribution < 1.29 is 34.3 Å². The molecule has 1 heterocycles. The number of carbonyl (C=O) groups is 1. The fourth-order valence-corrected chi connectivity index (χ4v) is 2.26. The number of hydrogen-bond donors (Lipinski definition) is 4. The normalized spacial score (nSPS) is 31.3.